The second-order valence-corrected chi connectivity index (χ2v) is 7.12. The van der Waals surface area contributed by atoms with Crippen LogP contribution in [-0.2, 0) is 6.54 Å². The molecule has 0 fully saturated rings. The minimum atomic E-state index is -4.85. The molecule has 3 heterocycles. The molecule has 0 atom stereocenters. The van der Waals surface area contributed by atoms with E-state index in [1.54, 1.807) is 12.1 Å². The highest BCUT2D eigenvalue weighted by Gasteiger charge is 2.31. The number of benzene rings is 1. The number of nitrogens with zero attached hydrogens (tertiary/aromatic N) is 3. The molecule has 0 radical (unpaired) electrons. The number of pyridine rings is 1. The summed E-state index contributed by atoms with van der Waals surface area (Å²) in [5, 5.41) is 13.2. The van der Waals surface area contributed by atoms with Crippen molar-refractivity contribution in [1.29, 1.82) is 0 Å². The van der Waals surface area contributed by atoms with Crippen molar-refractivity contribution in [2.75, 3.05) is 5.32 Å². The van der Waals surface area contributed by atoms with Crippen LogP contribution in [0.4, 0.5) is 18.9 Å². The summed E-state index contributed by atoms with van der Waals surface area (Å²) in [6, 6.07) is 9.15. The Morgan fingerprint density at radius 2 is 1.94 bits per heavy atom. The number of imidazole rings is 1. The van der Waals surface area contributed by atoms with E-state index in [0.29, 0.717) is 11.3 Å². The summed E-state index contributed by atoms with van der Waals surface area (Å²) in [6.07, 6.45) is -0.606. The Bertz CT molecular complexity index is 1370. The third-order valence-electron chi connectivity index (χ3n) is 4.92. The highest BCUT2D eigenvalue weighted by atomic mass is 19.4. The molecule has 0 unspecified atom stereocenters. The third kappa shape index (κ3) is 4.65. The Labute approximate surface area is 189 Å². The summed E-state index contributed by atoms with van der Waals surface area (Å²) in [5.41, 5.74) is 0.558. The van der Waals surface area contributed by atoms with E-state index in [9.17, 15) is 27.9 Å². The van der Waals surface area contributed by atoms with Gasteiger partial charge in [-0.1, -0.05) is 0 Å². The van der Waals surface area contributed by atoms with Crippen molar-refractivity contribution < 1.29 is 32.2 Å². The van der Waals surface area contributed by atoms with Crippen LogP contribution in [0.5, 0.6) is 11.6 Å². The molecule has 4 rings (SSSR count). The van der Waals surface area contributed by atoms with Gasteiger partial charge in [0.2, 0.25) is 5.88 Å². The molecule has 12 heteroatoms. The first-order valence-electron chi connectivity index (χ1n) is 9.79. The average molecular weight is 474 g/mol. The van der Waals surface area contributed by atoms with Crippen LogP contribution < -0.4 is 15.7 Å². The molecule has 4 aromatic rings. The maximum Gasteiger partial charge on any atom is 0.573 e. The van der Waals surface area contributed by atoms with Gasteiger partial charge >= 0.3 is 12.1 Å². The Hall–Kier alpha value is -4.48. The molecule has 0 saturated heterocycles. The van der Waals surface area contributed by atoms with Crippen LogP contribution in [0, 0.1) is 6.92 Å². The predicted molar refractivity (Wildman–Crippen MR) is 113 cm³/mol. The Kier molecular flexibility index (Phi) is 5.88. The molecular weight excluding hydrogens is 457 g/mol. The summed E-state index contributed by atoms with van der Waals surface area (Å²) >= 11 is 0. The smallest absolute Gasteiger partial charge is 0.493 e. The van der Waals surface area contributed by atoms with Gasteiger partial charge in [-0.3, -0.25) is 14.3 Å². The quantitative estimate of drug-likeness (QED) is 0.439. The second kappa shape index (κ2) is 8.81. The monoisotopic (exact) mass is 474 g/mol. The maximum atomic E-state index is 13.1. The number of amides is 1. The maximum absolute atomic E-state index is 13.1. The molecule has 34 heavy (non-hydrogen) atoms. The lowest BCUT2D eigenvalue weighted by Crippen LogP contribution is -2.25. The van der Waals surface area contributed by atoms with Crippen molar-refractivity contribution in [3.63, 3.8) is 0 Å². The fourth-order valence-corrected chi connectivity index (χ4v) is 3.29. The first kappa shape index (κ1) is 22.7. The fraction of sp³-hybridized carbons (Fsp3) is 0.136. The summed E-state index contributed by atoms with van der Waals surface area (Å²) in [7, 11) is 0. The fourth-order valence-electron chi connectivity index (χ4n) is 3.29. The van der Waals surface area contributed by atoms with Gasteiger partial charge in [-0.15, -0.1) is 13.2 Å². The minimum absolute atomic E-state index is 0.0310. The van der Waals surface area contributed by atoms with E-state index in [1.165, 1.54) is 48.3 Å². The number of hydrogen-bond acceptors (Lipinski definition) is 6. The molecule has 3 aromatic heterocycles. The summed E-state index contributed by atoms with van der Waals surface area (Å²) in [5.74, 6) is -1.27. The van der Waals surface area contributed by atoms with Gasteiger partial charge in [-0.2, -0.15) is 0 Å². The summed E-state index contributed by atoms with van der Waals surface area (Å²) < 4.78 is 48.3. The van der Waals surface area contributed by atoms with Gasteiger partial charge in [0.15, 0.2) is 5.76 Å². The molecule has 9 nitrogen and oxygen atoms in total. The number of ether oxygens (including phenoxy) is 1. The third-order valence-corrected chi connectivity index (χ3v) is 4.92. The van der Waals surface area contributed by atoms with E-state index in [1.807, 2.05) is 0 Å². The molecule has 0 bridgehead atoms. The van der Waals surface area contributed by atoms with E-state index in [0.717, 1.165) is 16.7 Å². The number of carbonyl (C=O) groups excluding carboxylic acids is 1. The molecule has 0 aliphatic carbocycles. The molecule has 0 aliphatic rings. The van der Waals surface area contributed by atoms with Gasteiger partial charge in [-0.05, 0) is 55.0 Å². The molecule has 0 aliphatic heterocycles. The van der Waals surface area contributed by atoms with Crippen LogP contribution in [0.15, 0.2) is 70.3 Å². The zero-order valence-corrected chi connectivity index (χ0v) is 17.5. The number of alkyl halides is 3. The van der Waals surface area contributed by atoms with Crippen LogP contribution >= 0.6 is 0 Å². The molecule has 2 N–H and O–H groups in total. The number of furan rings is 1. The number of hydrogen-bond donors (Lipinski definition) is 2. The first-order chi connectivity index (χ1) is 16.1. The van der Waals surface area contributed by atoms with Crippen LogP contribution in [0.2, 0.25) is 0 Å². The number of aromatic hydroxyl groups is 1. The summed E-state index contributed by atoms with van der Waals surface area (Å²) in [4.78, 5) is 29.4. The first-order valence-corrected chi connectivity index (χ1v) is 9.79. The largest absolute Gasteiger partial charge is 0.573 e. The lowest BCUT2D eigenvalue weighted by atomic mass is 10.2. The van der Waals surface area contributed by atoms with Gasteiger partial charge < -0.3 is 19.6 Å². The lowest BCUT2D eigenvalue weighted by Gasteiger charge is -2.11. The van der Waals surface area contributed by atoms with Crippen LogP contribution in [-0.4, -0.2) is 31.5 Å². The van der Waals surface area contributed by atoms with Crippen molar-refractivity contribution >= 4 is 11.6 Å². The number of rotatable bonds is 6. The zero-order chi connectivity index (χ0) is 24.5. The molecule has 0 saturated carbocycles. The number of anilines is 1. The average Bonchev–Trinajstić information content (AvgIpc) is 3.39. The van der Waals surface area contributed by atoms with Crippen molar-refractivity contribution in [1.82, 2.24) is 14.1 Å². The number of halogens is 3. The SMILES string of the molecule is Cc1c(O)n(-c2ccc(OC(F)(F)F)cc2)c(=O)n1Cc1ccncc1NC(=O)c1ccco1. The number of nitrogens with one attached hydrogen (secondary N) is 1. The van der Waals surface area contributed by atoms with Crippen molar-refractivity contribution in [2.45, 2.75) is 19.8 Å². The standard InChI is InChI=1S/C22H17F3N4O5/c1-13-20(31)29(15-4-6-16(7-5-15)34-22(23,24)25)21(32)28(13)12-14-8-9-26-11-17(14)27-19(30)18-3-2-10-33-18/h2-11,31H,12H2,1H3,(H,27,30). The number of carbonyl (C=O) groups is 1. The Morgan fingerprint density at radius 1 is 1.21 bits per heavy atom. The molecule has 176 valence electrons. The van der Waals surface area contributed by atoms with Gasteiger partial charge in [0.25, 0.3) is 5.91 Å². The molecule has 0 spiro atoms. The van der Waals surface area contributed by atoms with Crippen molar-refractivity contribution in [2.24, 2.45) is 0 Å². The van der Waals surface area contributed by atoms with Gasteiger partial charge in [0.1, 0.15) is 5.75 Å². The van der Waals surface area contributed by atoms with E-state index in [4.69, 9.17) is 4.42 Å². The topological polar surface area (TPSA) is 112 Å². The highest BCUT2D eigenvalue weighted by Crippen LogP contribution is 2.26. The van der Waals surface area contributed by atoms with Crippen molar-refractivity contribution in [3.05, 3.63) is 88.6 Å². The predicted octanol–water partition coefficient (Wildman–Crippen LogP) is 3.84. The van der Waals surface area contributed by atoms with Gasteiger partial charge in [0.05, 0.1) is 36.1 Å². The van der Waals surface area contributed by atoms with Crippen LogP contribution in [0.1, 0.15) is 21.8 Å². The normalized spacial score (nSPS) is 11.4. The zero-order valence-electron chi connectivity index (χ0n) is 17.5. The minimum Gasteiger partial charge on any atom is -0.493 e. The van der Waals surface area contributed by atoms with Gasteiger partial charge in [0, 0.05) is 6.20 Å². The highest BCUT2D eigenvalue weighted by molar-refractivity contribution is 6.02. The van der Waals surface area contributed by atoms with E-state index >= 15 is 0 Å². The molecular formula is C22H17F3N4O5. The Morgan fingerprint density at radius 3 is 2.59 bits per heavy atom. The Balaban J connectivity index is 1.64. The van der Waals surface area contributed by atoms with Crippen molar-refractivity contribution in [3.8, 4) is 17.3 Å². The molecule has 1 amide bonds. The van der Waals surface area contributed by atoms with Gasteiger partial charge in [-0.25, -0.2) is 9.36 Å². The van der Waals surface area contributed by atoms with Crippen LogP contribution in [0.3, 0.4) is 0 Å². The molecule has 1 aromatic carbocycles. The lowest BCUT2D eigenvalue weighted by molar-refractivity contribution is -0.274. The van der Waals surface area contributed by atoms with E-state index in [2.05, 4.69) is 15.0 Å². The van der Waals surface area contributed by atoms with E-state index < -0.39 is 23.7 Å². The van der Waals surface area contributed by atoms with Crippen LogP contribution in [0.25, 0.3) is 5.69 Å². The van der Waals surface area contributed by atoms with E-state index in [-0.39, 0.29) is 29.6 Å². The number of aromatic nitrogens is 3. The summed E-state index contributed by atoms with van der Waals surface area (Å²) in [6.45, 7) is 1.48. The second-order valence-electron chi connectivity index (χ2n) is 7.12.